The lowest BCUT2D eigenvalue weighted by Gasteiger charge is -2.35. The summed E-state index contributed by atoms with van der Waals surface area (Å²) >= 11 is 1.91. The average molecular weight is 271 g/mol. The monoisotopic (exact) mass is 271 g/mol. The van der Waals surface area contributed by atoms with Crippen molar-refractivity contribution in [2.24, 2.45) is 0 Å². The zero-order valence-corrected chi connectivity index (χ0v) is 11.7. The topological polar surface area (TPSA) is 52.7 Å². The molecule has 1 unspecified atom stereocenters. The van der Waals surface area contributed by atoms with Crippen LogP contribution in [0.25, 0.3) is 0 Å². The van der Waals surface area contributed by atoms with E-state index in [2.05, 4.69) is 5.32 Å². The smallest absolute Gasteiger partial charge is 0.224 e. The minimum absolute atomic E-state index is 0.104. The summed E-state index contributed by atoms with van der Waals surface area (Å²) in [6, 6.07) is 0.321. The van der Waals surface area contributed by atoms with E-state index in [1.54, 1.807) is 11.8 Å². The maximum atomic E-state index is 12.1. The van der Waals surface area contributed by atoms with Gasteiger partial charge in [-0.2, -0.15) is 11.8 Å². The van der Waals surface area contributed by atoms with Gasteiger partial charge in [-0.25, -0.2) is 0 Å². The zero-order valence-electron chi connectivity index (χ0n) is 10.9. The molecular formula is C12H21N3O2S. The molecule has 2 aliphatic rings. The lowest BCUT2D eigenvalue weighted by molar-refractivity contribution is -0.138. The highest BCUT2D eigenvalue weighted by Gasteiger charge is 2.25. The summed E-state index contributed by atoms with van der Waals surface area (Å²) in [5.74, 6) is 2.49. The summed E-state index contributed by atoms with van der Waals surface area (Å²) in [5, 5.41) is 3.38. The van der Waals surface area contributed by atoms with E-state index in [1.165, 1.54) is 0 Å². The highest BCUT2D eigenvalue weighted by Crippen LogP contribution is 2.12. The first-order chi connectivity index (χ1) is 8.66. The number of hydrogen-bond acceptors (Lipinski definition) is 4. The molecule has 0 spiro atoms. The molecule has 2 heterocycles. The highest BCUT2D eigenvalue weighted by molar-refractivity contribution is 7.99. The Morgan fingerprint density at radius 2 is 1.89 bits per heavy atom. The van der Waals surface area contributed by atoms with Gasteiger partial charge in [-0.05, 0) is 0 Å². The van der Waals surface area contributed by atoms with Gasteiger partial charge in [0.25, 0.3) is 0 Å². The van der Waals surface area contributed by atoms with Crippen molar-refractivity contribution in [1.29, 1.82) is 0 Å². The third-order valence-electron chi connectivity index (χ3n) is 3.50. The van der Waals surface area contributed by atoms with Crippen LogP contribution < -0.4 is 5.32 Å². The molecular weight excluding hydrogens is 250 g/mol. The summed E-state index contributed by atoms with van der Waals surface area (Å²) in [7, 11) is 0. The van der Waals surface area contributed by atoms with E-state index in [1.807, 2.05) is 16.7 Å². The minimum Gasteiger partial charge on any atom is -0.339 e. The molecule has 102 valence electrons. The first-order valence-corrected chi connectivity index (χ1v) is 7.66. The molecule has 2 rings (SSSR count). The second-order valence-electron chi connectivity index (χ2n) is 4.82. The Bertz CT molecular complexity index is 310. The van der Waals surface area contributed by atoms with E-state index >= 15 is 0 Å². The second kappa shape index (κ2) is 6.43. The van der Waals surface area contributed by atoms with Gasteiger partial charge >= 0.3 is 0 Å². The van der Waals surface area contributed by atoms with Gasteiger partial charge in [0.1, 0.15) is 0 Å². The second-order valence-corrected chi connectivity index (χ2v) is 5.97. The van der Waals surface area contributed by atoms with Crippen LogP contribution in [-0.2, 0) is 9.59 Å². The molecule has 0 aromatic rings. The Hall–Kier alpha value is -0.750. The van der Waals surface area contributed by atoms with Crippen LogP contribution in [0.5, 0.6) is 0 Å². The van der Waals surface area contributed by atoms with Crippen molar-refractivity contribution < 1.29 is 9.59 Å². The molecule has 5 nitrogen and oxygen atoms in total. The van der Waals surface area contributed by atoms with Crippen LogP contribution in [0.1, 0.15) is 13.3 Å². The Balaban J connectivity index is 1.75. The Morgan fingerprint density at radius 3 is 2.44 bits per heavy atom. The Morgan fingerprint density at radius 1 is 1.22 bits per heavy atom. The van der Waals surface area contributed by atoms with Gasteiger partial charge in [0, 0.05) is 63.6 Å². The number of carbonyl (C=O) groups is 2. The highest BCUT2D eigenvalue weighted by atomic mass is 32.2. The molecule has 0 saturated carbocycles. The van der Waals surface area contributed by atoms with E-state index in [9.17, 15) is 9.59 Å². The summed E-state index contributed by atoms with van der Waals surface area (Å²) in [4.78, 5) is 27.0. The molecule has 2 saturated heterocycles. The van der Waals surface area contributed by atoms with Crippen molar-refractivity contribution in [3.05, 3.63) is 0 Å². The third-order valence-corrected chi connectivity index (χ3v) is 4.63. The van der Waals surface area contributed by atoms with Gasteiger partial charge in [-0.3, -0.25) is 9.59 Å². The molecule has 0 bridgehead atoms. The Labute approximate surface area is 112 Å². The summed E-state index contributed by atoms with van der Waals surface area (Å²) in [6.45, 7) is 5.29. The standard InChI is InChI=1S/C12H21N3O2S/c1-10(16)14-3-5-15(6-4-14)12(17)8-11-9-18-7-2-13-11/h11,13H,2-9H2,1H3. The molecule has 6 heteroatoms. The van der Waals surface area contributed by atoms with E-state index in [4.69, 9.17) is 0 Å². The molecule has 18 heavy (non-hydrogen) atoms. The number of carbonyl (C=O) groups excluding carboxylic acids is 2. The fraction of sp³-hybridized carbons (Fsp3) is 0.833. The van der Waals surface area contributed by atoms with Crippen LogP contribution in [0.15, 0.2) is 0 Å². The van der Waals surface area contributed by atoms with E-state index < -0.39 is 0 Å². The van der Waals surface area contributed by atoms with E-state index in [0.717, 1.165) is 18.1 Å². The number of piperazine rings is 1. The average Bonchev–Trinajstić information content (AvgIpc) is 2.40. The molecule has 1 N–H and O–H groups in total. The maximum Gasteiger partial charge on any atom is 0.224 e. The number of nitrogens with one attached hydrogen (secondary N) is 1. The number of thioether (sulfide) groups is 1. The van der Waals surface area contributed by atoms with Gasteiger partial charge < -0.3 is 15.1 Å². The predicted molar refractivity (Wildman–Crippen MR) is 72.6 cm³/mol. The molecule has 0 aromatic carbocycles. The summed E-state index contributed by atoms with van der Waals surface area (Å²) in [5.41, 5.74) is 0. The lowest BCUT2D eigenvalue weighted by atomic mass is 10.2. The van der Waals surface area contributed by atoms with Gasteiger partial charge in [0.15, 0.2) is 0 Å². The fourth-order valence-corrected chi connectivity index (χ4v) is 3.31. The maximum absolute atomic E-state index is 12.1. The molecule has 2 aliphatic heterocycles. The van der Waals surface area contributed by atoms with Crippen LogP contribution in [0.3, 0.4) is 0 Å². The predicted octanol–water partition coefficient (Wildman–Crippen LogP) is -0.228. The number of hydrogen-bond donors (Lipinski definition) is 1. The SMILES string of the molecule is CC(=O)N1CCN(C(=O)CC2CSCCN2)CC1. The van der Waals surface area contributed by atoms with Crippen molar-refractivity contribution in [1.82, 2.24) is 15.1 Å². The molecule has 1 atom stereocenters. The van der Waals surface area contributed by atoms with Crippen LogP contribution in [-0.4, -0.2) is 71.9 Å². The van der Waals surface area contributed by atoms with Crippen molar-refractivity contribution in [3.8, 4) is 0 Å². The van der Waals surface area contributed by atoms with Crippen LogP contribution in [0.4, 0.5) is 0 Å². The quantitative estimate of drug-likeness (QED) is 0.754. The van der Waals surface area contributed by atoms with Crippen molar-refractivity contribution in [2.75, 3.05) is 44.2 Å². The van der Waals surface area contributed by atoms with E-state index in [-0.39, 0.29) is 11.8 Å². The van der Waals surface area contributed by atoms with Crippen molar-refractivity contribution in [3.63, 3.8) is 0 Å². The fourth-order valence-electron chi connectivity index (χ4n) is 2.36. The zero-order chi connectivity index (χ0) is 13.0. The summed E-state index contributed by atoms with van der Waals surface area (Å²) < 4.78 is 0. The number of nitrogens with zero attached hydrogens (tertiary/aromatic N) is 2. The van der Waals surface area contributed by atoms with Gasteiger partial charge in [0.2, 0.25) is 11.8 Å². The van der Waals surface area contributed by atoms with E-state index in [0.29, 0.717) is 38.6 Å². The van der Waals surface area contributed by atoms with Crippen LogP contribution >= 0.6 is 11.8 Å². The Kier molecular flexibility index (Phi) is 4.88. The van der Waals surface area contributed by atoms with Crippen molar-refractivity contribution in [2.45, 2.75) is 19.4 Å². The van der Waals surface area contributed by atoms with Crippen LogP contribution in [0.2, 0.25) is 0 Å². The van der Waals surface area contributed by atoms with Crippen LogP contribution in [0, 0.1) is 0 Å². The molecule has 2 amide bonds. The summed E-state index contributed by atoms with van der Waals surface area (Å²) in [6.07, 6.45) is 0.590. The van der Waals surface area contributed by atoms with Gasteiger partial charge in [-0.15, -0.1) is 0 Å². The largest absolute Gasteiger partial charge is 0.339 e. The first-order valence-electron chi connectivity index (χ1n) is 6.51. The lowest BCUT2D eigenvalue weighted by Crippen LogP contribution is -2.51. The molecule has 0 aliphatic carbocycles. The van der Waals surface area contributed by atoms with Crippen molar-refractivity contribution >= 4 is 23.6 Å². The third kappa shape index (κ3) is 3.62. The molecule has 2 fully saturated rings. The minimum atomic E-state index is 0.104. The molecule has 0 radical (unpaired) electrons. The number of amides is 2. The first kappa shape index (κ1) is 13.7. The normalized spacial score (nSPS) is 25.1. The molecule has 0 aromatic heterocycles. The van der Waals surface area contributed by atoms with Gasteiger partial charge in [0.05, 0.1) is 0 Å². The van der Waals surface area contributed by atoms with Gasteiger partial charge in [-0.1, -0.05) is 0 Å². The number of rotatable bonds is 2.